The third kappa shape index (κ3) is 5.15. The van der Waals surface area contributed by atoms with E-state index >= 15 is 0 Å². The summed E-state index contributed by atoms with van der Waals surface area (Å²) in [6.45, 7) is 6.82. The molecule has 1 fully saturated rings. The minimum Gasteiger partial charge on any atom is -0.482 e. The Labute approximate surface area is 219 Å². The zero-order chi connectivity index (χ0) is 27.8. The van der Waals surface area contributed by atoms with Crippen LogP contribution < -0.4 is 10.4 Å². The summed E-state index contributed by atoms with van der Waals surface area (Å²) in [5.41, 5.74) is -2.83. The van der Waals surface area contributed by atoms with Crippen molar-refractivity contribution in [1.29, 1.82) is 0 Å². The first kappa shape index (κ1) is 27.3. The van der Waals surface area contributed by atoms with E-state index in [1.54, 1.807) is 32.2 Å². The first-order valence-corrected chi connectivity index (χ1v) is 12.3. The van der Waals surface area contributed by atoms with E-state index in [4.69, 9.17) is 23.4 Å². The largest absolute Gasteiger partial charge is 0.482 e. The second-order valence-electron chi connectivity index (χ2n) is 10.2. The Morgan fingerprint density at radius 2 is 1.92 bits per heavy atom. The highest BCUT2D eigenvalue weighted by molar-refractivity contribution is 5.68. The number of carbonyl (C=O) groups is 3. The van der Waals surface area contributed by atoms with Crippen molar-refractivity contribution < 1.29 is 42.9 Å². The molecule has 6 atom stereocenters. The Morgan fingerprint density at radius 1 is 1.18 bits per heavy atom. The smallest absolute Gasteiger partial charge is 0.345 e. The molecule has 0 amide bonds. The summed E-state index contributed by atoms with van der Waals surface area (Å²) in [7, 11) is 0. The second-order valence-corrected chi connectivity index (χ2v) is 10.2. The number of aliphatic hydroxyl groups is 1. The number of pyridine rings is 1. The van der Waals surface area contributed by atoms with Gasteiger partial charge in [0.1, 0.15) is 41.0 Å². The van der Waals surface area contributed by atoms with E-state index in [0.717, 1.165) is 0 Å². The van der Waals surface area contributed by atoms with Crippen LogP contribution in [-0.4, -0.2) is 51.9 Å². The third-order valence-corrected chi connectivity index (χ3v) is 7.43. The fraction of sp³-hybridized carbons (Fsp3) is 0.519. The molecule has 2 aromatic heterocycles. The number of aromatic nitrogens is 1. The summed E-state index contributed by atoms with van der Waals surface area (Å²) in [5, 5.41) is 11.5. The molecule has 0 bridgehead atoms. The predicted octanol–water partition coefficient (Wildman–Crippen LogP) is 2.73. The van der Waals surface area contributed by atoms with Crippen molar-refractivity contribution in [3.63, 3.8) is 0 Å². The second kappa shape index (κ2) is 10.2. The maximum absolute atomic E-state index is 13.1. The number of nitrogens with zero attached hydrogens (tertiary/aromatic N) is 1. The van der Waals surface area contributed by atoms with Gasteiger partial charge in [-0.25, -0.2) is 4.79 Å². The van der Waals surface area contributed by atoms with E-state index in [2.05, 4.69) is 4.98 Å². The molecule has 4 rings (SSSR count). The average molecular weight is 530 g/mol. The quantitative estimate of drug-likeness (QED) is 0.434. The summed E-state index contributed by atoms with van der Waals surface area (Å²) < 4.78 is 28.4. The van der Waals surface area contributed by atoms with Crippen molar-refractivity contribution in [2.45, 2.75) is 70.9 Å². The normalized spacial score (nSPS) is 27.5. The van der Waals surface area contributed by atoms with Crippen molar-refractivity contribution >= 4 is 17.9 Å². The van der Waals surface area contributed by atoms with E-state index in [0.29, 0.717) is 5.56 Å². The van der Waals surface area contributed by atoms with Crippen LogP contribution in [0.15, 0.2) is 39.8 Å². The Hall–Kier alpha value is -3.73. The zero-order valence-corrected chi connectivity index (χ0v) is 21.9. The lowest BCUT2D eigenvalue weighted by Crippen LogP contribution is -2.63. The molecule has 0 spiro atoms. The number of rotatable bonds is 6. The average Bonchev–Trinajstić information content (AvgIpc) is 2.83. The molecule has 1 aliphatic carbocycles. The van der Waals surface area contributed by atoms with Crippen LogP contribution in [0.5, 0.6) is 5.75 Å². The van der Waals surface area contributed by atoms with Crippen molar-refractivity contribution in [1.82, 2.24) is 4.98 Å². The van der Waals surface area contributed by atoms with E-state index in [-0.39, 0.29) is 36.5 Å². The van der Waals surface area contributed by atoms with Crippen LogP contribution in [0.1, 0.15) is 59.1 Å². The minimum absolute atomic E-state index is 0.0588. The van der Waals surface area contributed by atoms with Gasteiger partial charge >= 0.3 is 23.5 Å². The van der Waals surface area contributed by atoms with E-state index < -0.39 is 58.8 Å². The molecule has 204 valence electrons. The number of esters is 3. The topological polar surface area (TPSA) is 151 Å². The van der Waals surface area contributed by atoms with E-state index in [1.165, 1.54) is 33.0 Å². The molecule has 3 heterocycles. The zero-order valence-electron chi connectivity index (χ0n) is 21.9. The van der Waals surface area contributed by atoms with Crippen LogP contribution in [0.3, 0.4) is 0 Å². The van der Waals surface area contributed by atoms with Gasteiger partial charge in [0.15, 0.2) is 0 Å². The highest BCUT2D eigenvalue weighted by Crippen LogP contribution is 2.54. The van der Waals surface area contributed by atoms with Crippen molar-refractivity contribution in [3.8, 4) is 17.1 Å². The highest BCUT2D eigenvalue weighted by atomic mass is 16.6. The lowest BCUT2D eigenvalue weighted by atomic mass is 9.62. The van der Waals surface area contributed by atoms with Crippen molar-refractivity contribution in [3.05, 3.63) is 46.6 Å². The Morgan fingerprint density at radius 3 is 2.53 bits per heavy atom. The molecule has 1 N–H and O–H groups in total. The standard InChI is InChI=1S/C27H31NO10/c1-14(29)34-13-26(4,37-16(3)31)18-9-19-24(32)23-21(38-27(19,5)22(10-18)35-15(2)30)11-20(36-25(23)33)17-7-6-8-28-12-17/h6-8,11-12,18-19,22,24,32H,9-10,13H2,1-5H3/t18-,19+,22-,24+,26+,27-/m0/s1. The molecule has 2 aromatic rings. The number of fused-ring (bicyclic) bond motifs is 2. The first-order chi connectivity index (χ1) is 17.8. The number of hydrogen-bond donors (Lipinski definition) is 1. The van der Waals surface area contributed by atoms with Crippen LogP contribution >= 0.6 is 0 Å². The van der Waals surface area contributed by atoms with Crippen LogP contribution in [0.2, 0.25) is 0 Å². The van der Waals surface area contributed by atoms with Gasteiger partial charge in [0, 0.05) is 56.6 Å². The Kier molecular flexibility index (Phi) is 7.33. The molecule has 2 aliphatic rings. The minimum atomic E-state index is -1.35. The summed E-state index contributed by atoms with van der Waals surface area (Å²) in [5.74, 6) is -2.70. The first-order valence-electron chi connectivity index (χ1n) is 12.3. The summed E-state index contributed by atoms with van der Waals surface area (Å²) in [6, 6.07) is 4.92. The molecule has 1 saturated carbocycles. The molecule has 11 nitrogen and oxygen atoms in total. The molecule has 0 aromatic carbocycles. The predicted molar refractivity (Wildman–Crippen MR) is 131 cm³/mol. The lowest BCUT2D eigenvalue weighted by molar-refractivity contribution is -0.215. The fourth-order valence-electron chi connectivity index (χ4n) is 5.54. The van der Waals surface area contributed by atoms with Gasteiger partial charge in [-0.2, -0.15) is 0 Å². The summed E-state index contributed by atoms with van der Waals surface area (Å²) in [6.07, 6.45) is 1.24. The van der Waals surface area contributed by atoms with Gasteiger partial charge in [0.05, 0.1) is 6.10 Å². The van der Waals surface area contributed by atoms with Gasteiger partial charge in [0.25, 0.3) is 0 Å². The third-order valence-electron chi connectivity index (χ3n) is 7.43. The number of hydrogen-bond acceptors (Lipinski definition) is 11. The molecule has 11 heteroatoms. The fourth-order valence-corrected chi connectivity index (χ4v) is 5.54. The monoisotopic (exact) mass is 529 g/mol. The number of ether oxygens (including phenoxy) is 4. The lowest BCUT2D eigenvalue weighted by Gasteiger charge is -2.54. The molecule has 1 aliphatic heterocycles. The molecule has 0 saturated heterocycles. The van der Waals surface area contributed by atoms with Gasteiger partial charge in [-0.05, 0) is 38.8 Å². The van der Waals surface area contributed by atoms with E-state index in [1.807, 2.05) is 0 Å². The maximum Gasteiger partial charge on any atom is 0.345 e. The Bertz CT molecular complexity index is 1290. The van der Waals surface area contributed by atoms with Crippen LogP contribution in [0.25, 0.3) is 11.3 Å². The molecular formula is C27H31NO10. The van der Waals surface area contributed by atoms with Gasteiger partial charge in [0.2, 0.25) is 0 Å². The van der Waals surface area contributed by atoms with Crippen LogP contribution in [-0.2, 0) is 28.6 Å². The number of aliphatic hydroxyl groups excluding tert-OH is 1. The van der Waals surface area contributed by atoms with Crippen molar-refractivity contribution in [2.24, 2.45) is 11.8 Å². The van der Waals surface area contributed by atoms with Crippen LogP contribution in [0, 0.1) is 11.8 Å². The molecular weight excluding hydrogens is 498 g/mol. The van der Waals surface area contributed by atoms with Gasteiger partial charge in [-0.1, -0.05) is 0 Å². The summed E-state index contributed by atoms with van der Waals surface area (Å²) in [4.78, 5) is 52.8. The van der Waals surface area contributed by atoms with Gasteiger partial charge in [-0.3, -0.25) is 19.4 Å². The van der Waals surface area contributed by atoms with Gasteiger partial charge < -0.3 is 28.5 Å². The van der Waals surface area contributed by atoms with Crippen molar-refractivity contribution in [2.75, 3.05) is 6.61 Å². The maximum atomic E-state index is 13.1. The van der Waals surface area contributed by atoms with Gasteiger partial charge in [-0.15, -0.1) is 0 Å². The number of carbonyl (C=O) groups excluding carboxylic acids is 3. The molecule has 0 radical (unpaired) electrons. The molecule has 38 heavy (non-hydrogen) atoms. The summed E-state index contributed by atoms with van der Waals surface area (Å²) >= 11 is 0. The Balaban J connectivity index is 1.78. The van der Waals surface area contributed by atoms with Crippen LogP contribution in [0.4, 0.5) is 0 Å². The van der Waals surface area contributed by atoms with E-state index in [9.17, 15) is 24.3 Å². The SMILES string of the molecule is CC(=O)OC[C@@](C)(OC(C)=O)[C@@H]1C[C@H](OC(C)=O)[C@@]2(C)Oc3cc(-c4cccnc4)oc(=O)c3[C@H](O)[C@H]2C1. The molecule has 0 unspecified atom stereocenters. The highest BCUT2D eigenvalue weighted by Gasteiger charge is 2.60.